The first-order valence-electron chi connectivity index (χ1n) is 6.74. The van der Waals surface area contributed by atoms with Gasteiger partial charge in [0.2, 0.25) is 5.95 Å². The summed E-state index contributed by atoms with van der Waals surface area (Å²) < 4.78 is 0. The second-order valence-corrected chi connectivity index (χ2v) is 4.56. The molecular formula is C14H20N4O. The third kappa shape index (κ3) is 3.79. The number of nitrogens with one attached hydrogen (secondary N) is 2. The number of aromatic amines is 1. The molecule has 1 aromatic heterocycles. The van der Waals surface area contributed by atoms with E-state index >= 15 is 0 Å². The maximum atomic E-state index is 11.8. The van der Waals surface area contributed by atoms with Crippen LogP contribution in [-0.2, 0) is 0 Å². The zero-order valence-corrected chi connectivity index (χ0v) is 11.0. The molecule has 19 heavy (non-hydrogen) atoms. The molecule has 2 aromatic rings. The summed E-state index contributed by atoms with van der Waals surface area (Å²) in [6, 6.07) is 7.34. The molecule has 0 aliphatic rings. The summed E-state index contributed by atoms with van der Waals surface area (Å²) in [6.07, 6.45) is 4.42. The Morgan fingerprint density at radius 2 is 1.95 bits per heavy atom. The number of fused-ring (bicyclic) bond motifs is 1. The summed E-state index contributed by atoms with van der Waals surface area (Å²) in [4.78, 5) is 19.0. The molecule has 0 saturated heterocycles. The van der Waals surface area contributed by atoms with E-state index in [1.54, 1.807) is 6.07 Å². The van der Waals surface area contributed by atoms with Crippen molar-refractivity contribution in [1.29, 1.82) is 0 Å². The lowest BCUT2D eigenvalue weighted by Crippen LogP contribution is -2.14. The van der Waals surface area contributed by atoms with Crippen molar-refractivity contribution in [3.63, 3.8) is 0 Å². The van der Waals surface area contributed by atoms with Crippen LogP contribution in [-0.4, -0.2) is 23.1 Å². The first kappa shape index (κ1) is 13.5. The van der Waals surface area contributed by atoms with Crippen LogP contribution < -0.4 is 16.6 Å². The molecule has 5 nitrogen and oxygen atoms in total. The van der Waals surface area contributed by atoms with Gasteiger partial charge in [-0.15, -0.1) is 0 Å². The molecule has 0 fully saturated rings. The first-order chi connectivity index (χ1) is 9.31. The minimum atomic E-state index is -0.101. The zero-order chi connectivity index (χ0) is 13.5. The molecule has 0 spiro atoms. The van der Waals surface area contributed by atoms with Gasteiger partial charge in [-0.25, -0.2) is 4.98 Å². The van der Waals surface area contributed by atoms with Gasteiger partial charge in [0.25, 0.3) is 5.56 Å². The Bertz CT molecular complexity index is 579. The van der Waals surface area contributed by atoms with Crippen LogP contribution in [0.4, 0.5) is 5.95 Å². The first-order valence-corrected chi connectivity index (χ1v) is 6.74. The molecule has 0 radical (unpaired) electrons. The fourth-order valence-corrected chi connectivity index (χ4v) is 2.00. The second kappa shape index (κ2) is 6.89. The Balaban J connectivity index is 1.92. The van der Waals surface area contributed by atoms with Crippen LogP contribution in [0.2, 0.25) is 0 Å². The number of nitrogens with zero attached hydrogens (tertiary/aromatic N) is 1. The minimum absolute atomic E-state index is 0.101. The average Bonchev–Trinajstić information content (AvgIpc) is 2.43. The van der Waals surface area contributed by atoms with Gasteiger partial charge in [0.05, 0.1) is 10.9 Å². The fourth-order valence-electron chi connectivity index (χ4n) is 2.00. The summed E-state index contributed by atoms with van der Waals surface area (Å²) in [5, 5.41) is 3.78. The number of unbranched alkanes of at least 4 members (excludes halogenated alkanes) is 3. The Morgan fingerprint density at radius 1 is 1.16 bits per heavy atom. The molecule has 0 saturated carbocycles. The number of rotatable bonds is 7. The summed E-state index contributed by atoms with van der Waals surface area (Å²) >= 11 is 0. The van der Waals surface area contributed by atoms with Gasteiger partial charge in [0.15, 0.2) is 0 Å². The third-order valence-electron chi connectivity index (χ3n) is 3.04. The Morgan fingerprint density at radius 3 is 2.79 bits per heavy atom. The minimum Gasteiger partial charge on any atom is -0.356 e. The molecule has 0 bridgehead atoms. The summed E-state index contributed by atoms with van der Waals surface area (Å²) in [6.45, 7) is 1.57. The molecule has 1 heterocycles. The van der Waals surface area contributed by atoms with Crippen molar-refractivity contribution < 1.29 is 0 Å². The van der Waals surface area contributed by atoms with E-state index in [1.807, 2.05) is 18.2 Å². The van der Waals surface area contributed by atoms with Gasteiger partial charge in [0, 0.05) is 6.54 Å². The summed E-state index contributed by atoms with van der Waals surface area (Å²) in [5.41, 5.74) is 6.06. The Labute approximate surface area is 112 Å². The predicted molar refractivity (Wildman–Crippen MR) is 78.4 cm³/mol. The van der Waals surface area contributed by atoms with E-state index in [-0.39, 0.29) is 5.56 Å². The zero-order valence-electron chi connectivity index (χ0n) is 11.0. The predicted octanol–water partition coefficient (Wildman–Crippen LogP) is 1.85. The highest BCUT2D eigenvalue weighted by molar-refractivity contribution is 5.78. The molecule has 1 aromatic carbocycles. The second-order valence-electron chi connectivity index (χ2n) is 4.56. The van der Waals surface area contributed by atoms with Crippen LogP contribution in [0.15, 0.2) is 29.1 Å². The quantitative estimate of drug-likeness (QED) is 0.663. The summed E-state index contributed by atoms with van der Waals surface area (Å²) in [7, 11) is 0. The largest absolute Gasteiger partial charge is 0.356 e. The van der Waals surface area contributed by atoms with E-state index in [2.05, 4.69) is 15.3 Å². The van der Waals surface area contributed by atoms with E-state index in [4.69, 9.17) is 5.73 Å². The Kier molecular flexibility index (Phi) is 4.92. The number of H-pyrrole nitrogens is 1. The maximum absolute atomic E-state index is 11.8. The van der Waals surface area contributed by atoms with Gasteiger partial charge in [-0.1, -0.05) is 25.0 Å². The van der Waals surface area contributed by atoms with Crippen molar-refractivity contribution in [3.8, 4) is 0 Å². The normalized spacial score (nSPS) is 10.8. The van der Waals surface area contributed by atoms with Crippen molar-refractivity contribution in [2.75, 3.05) is 18.4 Å². The smallest absolute Gasteiger partial charge is 0.260 e. The number of aromatic nitrogens is 2. The standard InChI is InChI=1S/C14H20N4O/c15-9-5-1-2-6-10-16-14-17-12-8-4-3-7-11(12)13(19)18-14/h3-4,7-8H,1-2,5-6,9-10,15H2,(H2,16,17,18,19). The van der Waals surface area contributed by atoms with Crippen LogP contribution in [0, 0.1) is 0 Å². The maximum Gasteiger partial charge on any atom is 0.260 e. The molecule has 102 valence electrons. The highest BCUT2D eigenvalue weighted by atomic mass is 16.1. The molecule has 0 aliphatic carbocycles. The van der Waals surface area contributed by atoms with Crippen LogP contribution in [0.5, 0.6) is 0 Å². The van der Waals surface area contributed by atoms with Crippen LogP contribution in [0.1, 0.15) is 25.7 Å². The number of hydrogen-bond acceptors (Lipinski definition) is 4. The SMILES string of the molecule is NCCCCCCNc1nc2ccccc2c(=O)[nH]1. The molecule has 0 unspecified atom stereocenters. The summed E-state index contributed by atoms with van der Waals surface area (Å²) in [5.74, 6) is 0.544. The van der Waals surface area contributed by atoms with Gasteiger partial charge < -0.3 is 11.1 Å². The monoisotopic (exact) mass is 260 g/mol. The van der Waals surface area contributed by atoms with Crippen molar-refractivity contribution >= 4 is 16.9 Å². The molecule has 0 aliphatic heterocycles. The van der Waals surface area contributed by atoms with Gasteiger partial charge >= 0.3 is 0 Å². The van der Waals surface area contributed by atoms with E-state index in [0.29, 0.717) is 11.3 Å². The third-order valence-corrected chi connectivity index (χ3v) is 3.04. The molecule has 5 heteroatoms. The van der Waals surface area contributed by atoms with Gasteiger partial charge in [-0.2, -0.15) is 0 Å². The number of benzene rings is 1. The molecular weight excluding hydrogens is 240 g/mol. The molecule has 2 rings (SSSR count). The van der Waals surface area contributed by atoms with E-state index in [9.17, 15) is 4.79 Å². The van der Waals surface area contributed by atoms with Crippen molar-refractivity contribution in [2.45, 2.75) is 25.7 Å². The number of hydrogen-bond donors (Lipinski definition) is 3. The van der Waals surface area contributed by atoms with Gasteiger partial charge in [-0.3, -0.25) is 9.78 Å². The lowest BCUT2D eigenvalue weighted by atomic mass is 10.2. The fraction of sp³-hybridized carbons (Fsp3) is 0.429. The average molecular weight is 260 g/mol. The van der Waals surface area contributed by atoms with Crippen LogP contribution in [0.3, 0.4) is 0 Å². The van der Waals surface area contributed by atoms with E-state index in [1.165, 1.54) is 0 Å². The van der Waals surface area contributed by atoms with Gasteiger partial charge in [-0.05, 0) is 31.5 Å². The van der Waals surface area contributed by atoms with Crippen molar-refractivity contribution in [2.24, 2.45) is 5.73 Å². The number of anilines is 1. The number of para-hydroxylation sites is 1. The van der Waals surface area contributed by atoms with Crippen molar-refractivity contribution in [1.82, 2.24) is 9.97 Å². The molecule has 0 atom stereocenters. The lowest BCUT2D eigenvalue weighted by molar-refractivity contribution is 0.660. The molecule has 4 N–H and O–H groups in total. The number of nitrogens with two attached hydrogens (primary N) is 1. The molecule has 0 amide bonds. The highest BCUT2D eigenvalue weighted by Gasteiger charge is 2.01. The van der Waals surface area contributed by atoms with E-state index in [0.717, 1.165) is 44.3 Å². The van der Waals surface area contributed by atoms with Crippen molar-refractivity contribution in [3.05, 3.63) is 34.6 Å². The topological polar surface area (TPSA) is 83.8 Å². The van der Waals surface area contributed by atoms with Crippen LogP contribution in [0.25, 0.3) is 10.9 Å². The van der Waals surface area contributed by atoms with E-state index < -0.39 is 0 Å². The Hall–Kier alpha value is -1.88. The highest BCUT2D eigenvalue weighted by Crippen LogP contribution is 2.08. The van der Waals surface area contributed by atoms with Crippen LogP contribution >= 0.6 is 0 Å². The van der Waals surface area contributed by atoms with Gasteiger partial charge in [0.1, 0.15) is 0 Å². The lowest BCUT2D eigenvalue weighted by Gasteiger charge is -2.06.